The van der Waals surface area contributed by atoms with Crippen LogP contribution in [0.4, 0.5) is 0 Å². The molecule has 0 saturated heterocycles. The molecule has 0 unspecified atom stereocenters. The molecule has 1 heterocycles. The molecule has 1 aliphatic rings. The molecule has 4 rings (SSSR count). The Morgan fingerprint density at radius 1 is 1.09 bits per heavy atom. The number of rotatable bonds is 5. The lowest BCUT2D eigenvalue weighted by molar-refractivity contribution is 0.643. The molecule has 1 aromatic heterocycles. The van der Waals surface area contributed by atoms with Crippen molar-refractivity contribution < 1.29 is 0 Å². The first-order valence-electron chi connectivity index (χ1n) is 7.89. The van der Waals surface area contributed by atoms with Gasteiger partial charge >= 0.3 is 0 Å². The van der Waals surface area contributed by atoms with Gasteiger partial charge in [-0.1, -0.05) is 54.2 Å². The van der Waals surface area contributed by atoms with Crippen LogP contribution in [0.1, 0.15) is 37.1 Å². The molecule has 1 fully saturated rings. The van der Waals surface area contributed by atoms with Crippen LogP contribution in [0.25, 0.3) is 10.8 Å². The third-order valence-corrected chi connectivity index (χ3v) is 5.26. The molecular formula is C18H19N3S. The molecule has 1 aliphatic carbocycles. The van der Waals surface area contributed by atoms with Crippen LogP contribution in [0.3, 0.4) is 0 Å². The maximum Gasteiger partial charge on any atom is 0.191 e. The Labute approximate surface area is 134 Å². The molecule has 0 spiro atoms. The second-order valence-corrected chi connectivity index (χ2v) is 6.73. The molecule has 0 N–H and O–H groups in total. The first-order chi connectivity index (χ1) is 10.9. The van der Waals surface area contributed by atoms with Crippen molar-refractivity contribution in [2.24, 2.45) is 0 Å². The summed E-state index contributed by atoms with van der Waals surface area (Å²) in [6.07, 6.45) is 2.54. The SMILES string of the molecule is CCn1c(SCc2cccc3ccccc23)nnc1C1CC1. The van der Waals surface area contributed by atoms with Crippen molar-refractivity contribution in [1.29, 1.82) is 0 Å². The zero-order valence-electron chi connectivity index (χ0n) is 12.7. The number of hydrogen-bond acceptors (Lipinski definition) is 3. The molecule has 3 aromatic rings. The largest absolute Gasteiger partial charge is 0.306 e. The van der Waals surface area contributed by atoms with Crippen LogP contribution in [0.5, 0.6) is 0 Å². The Bertz CT molecular complexity index is 800. The fourth-order valence-electron chi connectivity index (χ4n) is 2.91. The van der Waals surface area contributed by atoms with Crippen LogP contribution in [0.15, 0.2) is 47.6 Å². The summed E-state index contributed by atoms with van der Waals surface area (Å²) in [5, 5.41) is 12.5. The molecule has 2 aromatic carbocycles. The summed E-state index contributed by atoms with van der Waals surface area (Å²) in [7, 11) is 0. The highest BCUT2D eigenvalue weighted by molar-refractivity contribution is 7.98. The van der Waals surface area contributed by atoms with Crippen LogP contribution in [0, 0.1) is 0 Å². The lowest BCUT2D eigenvalue weighted by atomic mass is 10.1. The van der Waals surface area contributed by atoms with Gasteiger partial charge in [-0.25, -0.2) is 0 Å². The zero-order chi connectivity index (χ0) is 14.9. The average Bonchev–Trinajstić information content (AvgIpc) is 3.33. The summed E-state index contributed by atoms with van der Waals surface area (Å²) in [6.45, 7) is 3.13. The van der Waals surface area contributed by atoms with E-state index in [2.05, 4.69) is 64.2 Å². The van der Waals surface area contributed by atoms with E-state index < -0.39 is 0 Å². The molecule has 22 heavy (non-hydrogen) atoms. The minimum atomic E-state index is 0.652. The Morgan fingerprint density at radius 3 is 2.73 bits per heavy atom. The molecule has 0 atom stereocenters. The first-order valence-corrected chi connectivity index (χ1v) is 8.88. The van der Waals surface area contributed by atoms with E-state index >= 15 is 0 Å². The highest BCUT2D eigenvalue weighted by Gasteiger charge is 2.29. The zero-order valence-corrected chi connectivity index (χ0v) is 13.5. The van der Waals surface area contributed by atoms with Crippen molar-refractivity contribution in [2.75, 3.05) is 0 Å². The Hall–Kier alpha value is -1.81. The van der Waals surface area contributed by atoms with Crippen molar-refractivity contribution in [3.63, 3.8) is 0 Å². The second-order valence-electron chi connectivity index (χ2n) is 5.79. The highest BCUT2D eigenvalue weighted by Crippen LogP contribution is 2.40. The smallest absolute Gasteiger partial charge is 0.191 e. The summed E-state index contributed by atoms with van der Waals surface area (Å²) >= 11 is 1.79. The van der Waals surface area contributed by atoms with E-state index in [1.165, 1.54) is 35.0 Å². The quantitative estimate of drug-likeness (QED) is 0.644. The van der Waals surface area contributed by atoms with Gasteiger partial charge in [0, 0.05) is 18.2 Å². The van der Waals surface area contributed by atoms with Crippen LogP contribution < -0.4 is 0 Å². The van der Waals surface area contributed by atoms with Crippen LogP contribution >= 0.6 is 11.8 Å². The summed E-state index contributed by atoms with van der Waals surface area (Å²) in [4.78, 5) is 0. The maximum absolute atomic E-state index is 4.42. The fourth-order valence-corrected chi connectivity index (χ4v) is 3.92. The van der Waals surface area contributed by atoms with E-state index in [-0.39, 0.29) is 0 Å². The monoisotopic (exact) mass is 309 g/mol. The molecule has 4 heteroatoms. The molecule has 112 valence electrons. The van der Waals surface area contributed by atoms with Gasteiger partial charge in [-0.2, -0.15) is 0 Å². The van der Waals surface area contributed by atoms with Gasteiger partial charge in [0.05, 0.1) is 0 Å². The van der Waals surface area contributed by atoms with Gasteiger partial charge in [0.15, 0.2) is 5.16 Å². The van der Waals surface area contributed by atoms with Crippen molar-refractivity contribution in [3.8, 4) is 0 Å². The van der Waals surface area contributed by atoms with Gasteiger partial charge in [0.2, 0.25) is 0 Å². The van der Waals surface area contributed by atoms with E-state index in [4.69, 9.17) is 0 Å². The van der Waals surface area contributed by atoms with Gasteiger partial charge in [0.1, 0.15) is 5.82 Å². The molecule has 0 amide bonds. The summed E-state index contributed by atoms with van der Waals surface area (Å²) in [5.41, 5.74) is 1.36. The maximum atomic E-state index is 4.42. The van der Waals surface area contributed by atoms with E-state index in [9.17, 15) is 0 Å². The Morgan fingerprint density at radius 2 is 1.91 bits per heavy atom. The average molecular weight is 309 g/mol. The third kappa shape index (κ3) is 2.52. The topological polar surface area (TPSA) is 30.7 Å². The normalized spacial score (nSPS) is 14.6. The molecule has 0 aliphatic heterocycles. The van der Waals surface area contributed by atoms with Crippen molar-refractivity contribution in [2.45, 2.75) is 43.1 Å². The van der Waals surface area contributed by atoms with Gasteiger partial charge in [-0.05, 0) is 36.1 Å². The number of thioether (sulfide) groups is 1. The molecule has 0 bridgehead atoms. The van der Waals surface area contributed by atoms with Gasteiger partial charge in [-0.3, -0.25) is 0 Å². The van der Waals surface area contributed by atoms with Crippen LogP contribution in [-0.2, 0) is 12.3 Å². The number of nitrogens with zero attached hydrogens (tertiary/aromatic N) is 3. The van der Waals surface area contributed by atoms with Crippen molar-refractivity contribution >= 4 is 22.5 Å². The summed E-state index contributed by atoms with van der Waals surface area (Å²) < 4.78 is 2.29. The number of hydrogen-bond donors (Lipinski definition) is 0. The summed E-state index contributed by atoms with van der Waals surface area (Å²) in [6, 6.07) is 15.1. The highest BCUT2D eigenvalue weighted by atomic mass is 32.2. The van der Waals surface area contributed by atoms with Crippen molar-refractivity contribution in [3.05, 3.63) is 53.9 Å². The van der Waals surface area contributed by atoms with E-state index in [0.717, 1.165) is 17.5 Å². The van der Waals surface area contributed by atoms with Gasteiger partial charge < -0.3 is 4.57 Å². The molecule has 3 nitrogen and oxygen atoms in total. The van der Waals surface area contributed by atoms with Gasteiger partial charge in [0.25, 0.3) is 0 Å². The van der Waals surface area contributed by atoms with E-state index in [1.54, 1.807) is 11.8 Å². The van der Waals surface area contributed by atoms with E-state index in [0.29, 0.717) is 5.92 Å². The third-order valence-electron chi connectivity index (χ3n) is 4.24. The predicted octanol–water partition coefficient (Wildman–Crippen LogP) is 4.62. The van der Waals surface area contributed by atoms with Crippen LogP contribution in [0.2, 0.25) is 0 Å². The number of fused-ring (bicyclic) bond motifs is 1. The number of benzene rings is 2. The van der Waals surface area contributed by atoms with Gasteiger partial charge in [-0.15, -0.1) is 10.2 Å². The minimum absolute atomic E-state index is 0.652. The van der Waals surface area contributed by atoms with Crippen LogP contribution in [-0.4, -0.2) is 14.8 Å². The van der Waals surface area contributed by atoms with Crippen molar-refractivity contribution in [1.82, 2.24) is 14.8 Å². The standard InChI is InChI=1S/C18H19N3S/c1-2-21-17(14-10-11-14)19-20-18(21)22-12-15-8-5-7-13-6-3-4-9-16(13)15/h3-9,14H,2,10-12H2,1H3. The Kier molecular flexibility index (Phi) is 3.62. The number of aromatic nitrogens is 3. The Balaban J connectivity index is 1.59. The minimum Gasteiger partial charge on any atom is -0.306 e. The van der Waals surface area contributed by atoms with E-state index in [1.807, 2.05) is 0 Å². The molecule has 1 saturated carbocycles. The molecule has 0 radical (unpaired) electrons. The fraction of sp³-hybridized carbons (Fsp3) is 0.333. The summed E-state index contributed by atoms with van der Waals surface area (Å²) in [5.74, 6) is 2.77. The predicted molar refractivity (Wildman–Crippen MR) is 91.2 cm³/mol. The lowest BCUT2D eigenvalue weighted by Crippen LogP contribution is -2.02. The first kappa shape index (κ1) is 13.8. The lowest BCUT2D eigenvalue weighted by Gasteiger charge is -2.08. The second kappa shape index (κ2) is 5.76. The molecular weight excluding hydrogens is 290 g/mol.